The van der Waals surface area contributed by atoms with Gasteiger partial charge in [0.25, 0.3) is 5.91 Å². The van der Waals surface area contributed by atoms with Gasteiger partial charge in [-0.1, -0.05) is 30.3 Å². The molecule has 0 aliphatic heterocycles. The number of carbonyl (C=O) groups is 1. The van der Waals surface area contributed by atoms with E-state index in [2.05, 4.69) is 10.9 Å². The van der Waals surface area contributed by atoms with Gasteiger partial charge in [0.1, 0.15) is 5.82 Å². The predicted molar refractivity (Wildman–Crippen MR) is 107 cm³/mol. The highest BCUT2D eigenvalue weighted by atomic mass is 19.1. The van der Waals surface area contributed by atoms with E-state index >= 15 is 0 Å². The third kappa shape index (κ3) is 3.24. The molecule has 4 bridgehead atoms. The SMILES string of the molecule is O=C(NNC(c1ccc(F)cc1)C12CC3CC(CC(C3)C1)C2)c1ccccc1. The molecule has 28 heavy (non-hydrogen) atoms. The molecule has 1 amide bonds. The molecule has 2 aromatic rings. The number of nitrogens with one attached hydrogen (secondary N) is 2. The zero-order valence-corrected chi connectivity index (χ0v) is 16.0. The highest BCUT2D eigenvalue weighted by Crippen LogP contribution is 2.63. The predicted octanol–water partition coefficient (Wildman–Crippen LogP) is 5.02. The number of hydrogen-bond donors (Lipinski definition) is 2. The van der Waals surface area contributed by atoms with Gasteiger partial charge in [0, 0.05) is 5.56 Å². The van der Waals surface area contributed by atoms with Crippen molar-refractivity contribution < 1.29 is 9.18 Å². The Morgan fingerprint density at radius 1 is 0.893 bits per heavy atom. The fraction of sp³-hybridized carbons (Fsp3) is 0.458. The van der Waals surface area contributed by atoms with E-state index in [1.54, 1.807) is 0 Å². The number of carbonyl (C=O) groups excluding carboxylic acids is 1. The van der Waals surface area contributed by atoms with Crippen LogP contribution in [-0.4, -0.2) is 5.91 Å². The molecule has 6 rings (SSSR count). The fourth-order valence-electron chi connectivity index (χ4n) is 6.58. The van der Waals surface area contributed by atoms with E-state index < -0.39 is 0 Å². The average Bonchev–Trinajstić information content (AvgIpc) is 2.69. The largest absolute Gasteiger partial charge is 0.287 e. The van der Waals surface area contributed by atoms with Crippen LogP contribution in [0.5, 0.6) is 0 Å². The topological polar surface area (TPSA) is 41.1 Å². The lowest BCUT2D eigenvalue weighted by Gasteiger charge is -2.59. The Kier molecular flexibility index (Phi) is 4.47. The lowest BCUT2D eigenvalue weighted by atomic mass is 9.47. The smallest absolute Gasteiger partial charge is 0.265 e. The Morgan fingerprint density at radius 2 is 1.46 bits per heavy atom. The molecule has 0 radical (unpaired) electrons. The molecule has 3 nitrogen and oxygen atoms in total. The minimum atomic E-state index is -0.221. The Hall–Kier alpha value is -2.20. The molecule has 4 aliphatic carbocycles. The summed E-state index contributed by atoms with van der Waals surface area (Å²) in [6.07, 6.45) is 7.71. The zero-order chi connectivity index (χ0) is 19.1. The first kappa shape index (κ1) is 17.9. The van der Waals surface area contributed by atoms with Gasteiger partial charge in [-0.05, 0) is 91.5 Å². The van der Waals surface area contributed by atoms with Gasteiger partial charge in [-0.2, -0.15) is 0 Å². The fourth-order valence-corrected chi connectivity index (χ4v) is 6.58. The number of hydrazine groups is 1. The minimum Gasteiger partial charge on any atom is -0.287 e. The van der Waals surface area contributed by atoms with Crippen molar-refractivity contribution >= 4 is 5.91 Å². The van der Waals surface area contributed by atoms with Gasteiger partial charge in [0.05, 0.1) is 6.04 Å². The molecule has 1 unspecified atom stereocenters. The summed E-state index contributed by atoms with van der Waals surface area (Å²) >= 11 is 0. The van der Waals surface area contributed by atoms with Crippen LogP contribution < -0.4 is 10.9 Å². The highest BCUT2D eigenvalue weighted by molar-refractivity contribution is 5.93. The summed E-state index contributed by atoms with van der Waals surface area (Å²) in [6, 6.07) is 16.1. The molecule has 2 aromatic carbocycles. The van der Waals surface area contributed by atoms with E-state index in [0.29, 0.717) is 5.56 Å². The molecule has 0 spiro atoms. The number of amides is 1. The standard InChI is InChI=1S/C24H27FN2O/c25-21-8-6-19(7-9-21)22(26-27-23(28)20-4-2-1-3-5-20)24-13-16-10-17(14-24)12-18(11-16)15-24/h1-9,16-18,22,26H,10-15H2,(H,27,28). The van der Waals surface area contributed by atoms with Crippen molar-refractivity contribution in [3.8, 4) is 0 Å². The van der Waals surface area contributed by atoms with Crippen molar-refractivity contribution in [2.24, 2.45) is 23.2 Å². The summed E-state index contributed by atoms with van der Waals surface area (Å²) in [7, 11) is 0. The average molecular weight is 378 g/mol. The maximum absolute atomic E-state index is 13.6. The van der Waals surface area contributed by atoms with Gasteiger partial charge in [0.2, 0.25) is 0 Å². The van der Waals surface area contributed by atoms with Crippen LogP contribution in [0.15, 0.2) is 54.6 Å². The normalized spacial score (nSPS) is 31.5. The molecular weight excluding hydrogens is 351 g/mol. The van der Waals surface area contributed by atoms with Crippen molar-refractivity contribution in [2.45, 2.75) is 44.6 Å². The number of benzene rings is 2. The Bertz CT molecular complexity index is 813. The van der Waals surface area contributed by atoms with E-state index in [1.807, 2.05) is 42.5 Å². The molecule has 4 fully saturated rings. The monoisotopic (exact) mass is 378 g/mol. The Balaban J connectivity index is 1.42. The zero-order valence-electron chi connectivity index (χ0n) is 16.0. The molecule has 0 aromatic heterocycles. The van der Waals surface area contributed by atoms with E-state index in [-0.39, 0.29) is 23.2 Å². The van der Waals surface area contributed by atoms with Crippen LogP contribution in [0.3, 0.4) is 0 Å². The maximum atomic E-state index is 13.6. The van der Waals surface area contributed by atoms with E-state index in [4.69, 9.17) is 0 Å². The Labute approximate surface area is 165 Å². The van der Waals surface area contributed by atoms with Gasteiger partial charge in [-0.25, -0.2) is 9.82 Å². The summed E-state index contributed by atoms with van der Waals surface area (Å²) < 4.78 is 13.6. The van der Waals surface area contributed by atoms with Gasteiger partial charge < -0.3 is 0 Å². The van der Waals surface area contributed by atoms with Gasteiger partial charge in [0.15, 0.2) is 0 Å². The van der Waals surface area contributed by atoms with E-state index in [9.17, 15) is 9.18 Å². The molecule has 146 valence electrons. The lowest BCUT2D eigenvalue weighted by Crippen LogP contribution is -2.54. The maximum Gasteiger partial charge on any atom is 0.265 e. The molecule has 1 atom stereocenters. The summed E-state index contributed by atoms with van der Waals surface area (Å²) in [5, 5.41) is 0. The molecule has 4 heteroatoms. The second-order valence-corrected chi connectivity index (χ2v) is 9.23. The van der Waals surface area contributed by atoms with Crippen LogP contribution in [0.1, 0.15) is 60.5 Å². The Morgan fingerprint density at radius 3 is 2.04 bits per heavy atom. The van der Waals surface area contributed by atoms with Crippen molar-refractivity contribution in [3.05, 3.63) is 71.5 Å². The first-order chi connectivity index (χ1) is 13.6. The van der Waals surface area contributed by atoms with Crippen molar-refractivity contribution in [1.29, 1.82) is 0 Å². The van der Waals surface area contributed by atoms with Crippen LogP contribution in [0, 0.1) is 29.0 Å². The number of rotatable bonds is 5. The number of halogens is 1. The third-order valence-electron chi connectivity index (χ3n) is 7.27. The van der Waals surface area contributed by atoms with Gasteiger partial charge in [-0.15, -0.1) is 0 Å². The van der Waals surface area contributed by atoms with Crippen LogP contribution in [0.2, 0.25) is 0 Å². The molecule has 4 aliphatic rings. The van der Waals surface area contributed by atoms with Crippen LogP contribution in [0.4, 0.5) is 4.39 Å². The van der Waals surface area contributed by atoms with Crippen molar-refractivity contribution in [2.75, 3.05) is 0 Å². The second-order valence-electron chi connectivity index (χ2n) is 9.23. The van der Waals surface area contributed by atoms with Gasteiger partial charge in [-0.3, -0.25) is 10.2 Å². The minimum absolute atomic E-state index is 0.00848. The highest BCUT2D eigenvalue weighted by Gasteiger charge is 2.54. The molecule has 4 saturated carbocycles. The molecule has 0 saturated heterocycles. The molecular formula is C24H27FN2O. The summed E-state index contributed by atoms with van der Waals surface area (Å²) in [6.45, 7) is 0. The first-order valence-corrected chi connectivity index (χ1v) is 10.5. The van der Waals surface area contributed by atoms with Crippen LogP contribution in [-0.2, 0) is 0 Å². The van der Waals surface area contributed by atoms with Crippen molar-refractivity contribution in [1.82, 2.24) is 10.9 Å². The van der Waals surface area contributed by atoms with Crippen LogP contribution >= 0.6 is 0 Å². The van der Waals surface area contributed by atoms with Crippen molar-refractivity contribution in [3.63, 3.8) is 0 Å². The number of hydrogen-bond acceptors (Lipinski definition) is 2. The molecule has 2 N–H and O–H groups in total. The first-order valence-electron chi connectivity index (χ1n) is 10.5. The third-order valence-corrected chi connectivity index (χ3v) is 7.27. The van der Waals surface area contributed by atoms with E-state index in [0.717, 1.165) is 23.3 Å². The van der Waals surface area contributed by atoms with E-state index in [1.165, 1.54) is 50.7 Å². The quantitative estimate of drug-likeness (QED) is 0.718. The second kappa shape index (κ2) is 7.00. The molecule has 0 heterocycles. The van der Waals surface area contributed by atoms with Gasteiger partial charge >= 0.3 is 0 Å². The lowest BCUT2D eigenvalue weighted by molar-refractivity contribution is -0.0767. The summed E-state index contributed by atoms with van der Waals surface area (Å²) in [5.74, 6) is 2.07. The summed E-state index contributed by atoms with van der Waals surface area (Å²) in [5.41, 5.74) is 8.20. The van der Waals surface area contributed by atoms with Crippen LogP contribution in [0.25, 0.3) is 0 Å². The summed E-state index contributed by atoms with van der Waals surface area (Å²) in [4.78, 5) is 12.6.